The standard InChI is InChI=1S/C30H41N3O7/c1-7-8-14-9-16(12-32-13-29(2,3)4)23(34)20-17(14)10-15-11-18-22(33(5)6)25(36)21(28(31)39)27(38)30(18,40)26(37)19(15)24(20)35/h9,15,18,22,32,34-35,38,40H,7-8,10-13H2,1-6H3,(H2,31,39)/t15-,18+,22-,30-/m0/s1. The van der Waals surface area contributed by atoms with E-state index in [9.17, 15) is 34.8 Å². The van der Waals surface area contributed by atoms with Gasteiger partial charge in [0.25, 0.3) is 5.91 Å². The number of phenolic OH excluding ortho intramolecular Hbond substituents is 1. The quantitative estimate of drug-likeness (QED) is 0.275. The number of carbonyl (C=O) groups excluding carboxylic acids is 3. The van der Waals surface area contributed by atoms with E-state index in [1.54, 1.807) is 14.1 Å². The number of hydrogen-bond acceptors (Lipinski definition) is 9. The summed E-state index contributed by atoms with van der Waals surface area (Å²) in [5.41, 5.74) is 4.21. The normalized spacial score (nSPS) is 26.6. The number of phenols is 1. The molecule has 4 rings (SSSR count). The molecular weight excluding hydrogens is 514 g/mol. The summed E-state index contributed by atoms with van der Waals surface area (Å²) in [6.45, 7) is 9.33. The fourth-order valence-corrected chi connectivity index (χ4v) is 6.65. The molecule has 10 heteroatoms. The molecule has 0 spiro atoms. The van der Waals surface area contributed by atoms with Crippen molar-refractivity contribution in [3.8, 4) is 5.75 Å². The van der Waals surface area contributed by atoms with Gasteiger partial charge in [0.2, 0.25) is 5.78 Å². The number of rotatable bonds is 7. The summed E-state index contributed by atoms with van der Waals surface area (Å²) in [7, 11) is 3.17. The molecule has 1 saturated carbocycles. The summed E-state index contributed by atoms with van der Waals surface area (Å²) in [6.07, 6.45) is 1.89. The van der Waals surface area contributed by atoms with Crippen LogP contribution < -0.4 is 11.1 Å². The predicted octanol–water partition coefficient (Wildman–Crippen LogP) is 2.05. The Morgan fingerprint density at radius 1 is 1.18 bits per heavy atom. The summed E-state index contributed by atoms with van der Waals surface area (Å²) in [5.74, 6) is -6.37. The van der Waals surface area contributed by atoms with Gasteiger partial charge in [-0.25, -0.2) is 0 Å². The summed E-state index contributed by atoms with van der Waals surface area (Å²) in [5, 5.41) is 49.0. The molecule has 0 radical (unpaired) electrons. The monoisotopic (exact) mass is 555 g/mol. The van der Waals surface area contributed by atoms with Gasteiger partial charge in [-0.15, -0.1) is 0 Å². The number of amides is 1. The number of primary amides is 1. The Balaban J connectivity index is 1.90. The number of nitrogens with zero attached hydrogens (tertiary/aromatic N) is 1. The van der Waals surface area contributed by atoms with Crippen molar-refractivity contribution < 1.29 is 34.8 Å². The summed E-state index contributed by atoms with van der Waals surface area (Å²) in [6, 6.07) is 0.838. The van der Waals surface area contributed by atoms with Crippen molar-refractivity contribution in [1.29, 1.82) is 0 Å². The minimum absolute atomic E-state index is 0.0129. The number of nitrogens with one attached hydrogen (secondary N) is 1. The van der Waals surface area contributed by atoms with Crippen molar-refractivity contribution in [2.75, 3.05) is 20.6 Å². The fraction of sp³-hybridized carbons (Fsp3) is 0.567. The number of Topliss-reactive ketones (excluding diaryl/α,β-unsaturated/α-hetero) is 2. The van der Waals surface area contributed by atoms with E-state index in [2.05, 4.69) is 26.1 Å². The molecule has 0 bridgehead atoms. The van der Waals surface area contributed by atoms with Crippen LogP contribution in [0.1, 0.15) is 62.8 Å². The number of aliphatic hydroxyl groups is 3. The van der Waals surface area contributed by atoms with Crippen LogP contribution in [0.15, 0.2) is 23.0 Å². The first-order valence-corrected chi connectivity index (χ1v) is 13.8. The summed E-state index contributed by atoms with van der Waals surface area (Å²) >= 11 is 0. The highest BCUT2D eigenvalue weighted by molar-refractivity contribution is 6.24. The van der Waals surface area contributed by atoms with E-state index >= 15 is 0 Å². The van der Waals surface area contributed by atoms with Crippen molar-refractivity contribution in [2.45, 2.75) is 71.6 Å². The number of hydrogen-bond donors (Lipinski definition) is 6. The number of nitrogens with two attached hydrogens (primary N) is 1. The molecule has 10 nitrogen and oxygen atoms in total. The second kappa shape index (κ2) is 10.3. The largest absolute Gasteiger partial charge is 0.508 e. The van der Waals surface area contributed by atoms with E-state index in [4.69, 9.17) is 5.73 Å². The zero-order valence-electron chi connectivity index (χ0n) is 24.1. The molecule has 0 saturated heterocycles. The van der Waals surface area contributed by atoms with E-state index in [0.29, 0.717) is 31.5 Å². The second-order valence-electron chi connectivity index (χ2n) is 12.8. The number of aryl methyl sites for hydroxylation is 1. The summed E-state index contributed by atoms with van der Waals surface area (Å²) in [4.78, 5) is 40.9. The smallest absolute Gasteiger partial charge is 0.255 e. The van der Waals surface area contributed by atoms with Crippen molar-refractivity contribution in [2.24, 2.45) is 23.0 Å². The SMILES string of the molecule is CCCc1cc(CNCC(C)(C)C)c(O)c2c1C[C@H]1C[C@@H]3[C@H](N(C)C)C(=O)C(C(N)=O)=C(O)[C@@]3(O)C(=O)C1=C2O. The number of fused-ring (bicyclic) bond motifs is 3. The van der Waals surface area contributed by atoms with Crippen molar-refractivity contribution in [3.05, 3.63) is 45.2 Å². The van der Waals surface area contributed by atoms with Gasteiger partial charge in [-0.3, -0.25) is 19.3 Å². The Hall–Kier alpha value is -3.21. The van der Waals surface area contributed by atoms with Gasteiger partial charge in [0, 0.05) is 30.1 Å². The average Bonchev–Trinajstić information content (AvgIpc) is 2.83. The third-order valence-electron chi connectivity index (χ3n) is 8.38. The maximum absolute atomic E-state index is 14.0. The molecule has 3 aliphatic rings. The third kappa shape index (κ3) is 4.61. The molecule has 1 aromatic carbocycles. The van der Waals surface area contributed by atoms with Crippen LogP contribution >= 0.6 is 0 Å². The molecule has 4 atom stereocenters. The van der Waals surface area contributed by atoms with Crippen LogP contribution in [0, 0.1) is 17.3 Å². The Bertz CT molecular complexity index is 1340. The Morgan fingerprint density at radius 3 is 2.38 bits per heavy atom. The minimum Gasteiger partial charge on any atom is -0.508 e. The van der Waals surface area contributed by atoms with Gasteiger partial charge in [-0.2, -0.15) is 0 Å². The molecule has 1 fully saturated rings. The Morgan fingerprint density at radius 2 is 1.82 bits per heavy atom. The van der Waals surface area contributed by atoms with Crippen molar-refractivity contribution >= 4 is 23.2 Å². The Kier molecular flexibility index (Phi) is 7.68. The predicted molar refractivity (Wildman–Crippen MR) is 149 cm³/mol. The third-order valence-corrected chi connectivity index (χ3v) is 8.38. The van der Waals surface area contributed by atoms with Gasteiger partial charge >= 0.3 is 0 Å². The first-order chi connectivity index (χ1) is 18.6. The maximum atomic E-state index is 14.0. The number of carbonyl (C=O) groups is 3. The van der Waals surface area contributed by atoms with E-state index in [1.165, 1.54) is 4.90 Å². The van der Waals surface area contributed by atoms with Crippen LogP contribution in [-0.2, 0) is 33.8 Å². The number of likely N-dealkylation sites (N-methyl/N-ethyl adjacent to an activating group) is 1. The molecule has 40 heavy (non-hydrogen) atoms. The van der Waals surface area contributed by atoms with Crippen LogP contribution in [0.4, 0.5) is 0 Å². The lowest BCUT2D eigenvalue weighted by atomic mass is 9.57. The lowest BCUT2D eigenvalue weighted by Crippen LogP contribution is -2.65. The zero-order valence-corrected chi connectivity index (χ0v) is 24.1. The highest BCUT2D eigenvalue weighted by Crippen LogP contribution is 2.53. The number of aromatic hydroxyl groups is 1. The van der Waals surface area contributed by atoms with Gasteiger partial charge in [-0.05, 0) is 55.8 Å². The number of aliphatic hydroxyl groups excluding tert-OH is 2. The van der Waals surface area contributed by atoms with Crippen LogP contribution in [-0.4, -0.2) is 75.1 Å². The highest BCUT2D eigenvalue weighted by Gasteiger charge is 2.64. The van der Waals surface area contributed by atoms with Crippen molar-refractivity contribution in [1.82, 2.24) is 10.2 Å². The lowest BCUT2D eigenvalue weighted by Gasteiger charge is -2.50. The van der Waals surface area contributed by atoms with Crippen LogP contribution in [0.5, 0.6) is 5.75 Å². The topological polar surface area (TPSA) is 173 Å². The van der Waals surface area contributed by atoms with E-state index < -0.39 is 58.0 Å². The average molecular weight is 556 g/mol. The molecule has 7 N–H and O–H groups in total. The fourth-order valence-electron chi connectivity index (χ4n) is 6.65. The maximum Gasteiger partial charge on any atom is 0.255 e. The molecule has 3 aliphatic carbocycles. The highest BCUT2D eigenvalue weighted by atomic mass is 16.3. The van der Waals surface area contributed by atoms with Crippen LogP contribution in [0.3, 0.4) is 0 Å². The molecule has 218 valence electrons. The van der Waals surface area contributed by atoms with Gasteiger partial charge in [0.15, 0.2) is 11.4 Å². The summed E-state index contributed by atoms with van der Waals surface area (Å²) < 4.78 is 0. The second-order valence-corrected chi connectivity index (χ2v) is 12.8. The zero-order chi connectivity index (χ0) is 29.9. The molecular formula is C30H41N3O7. The van der Waals surface area contributed by atoms with Crippen molar-refractivity contribution in [3.63, 3.8) is 0 Å². The minimum atomic E-state index is -2.64. The lowest BCUT2D eigenvalue weighted by molar-refractivity contribution is -0.153. The molecule has 1 amide bonds. The number of ketones is 2. The van der Waals surface area contributed by atoms with Gasteiger partial charge in [0.1, 0.15) is 22.8 Å². The first-order valence-electron chi connectivity index (χ1n) is 13.8. The van der Waals surface area contributed by atoms with E-state index in [-0.39, 0.29) is 28.7 Å². The number of benzene rings is 1. The molecule has 0 unspecified atom stereocenters. The van der Waals surface area contributed by atoms with Crippen LogP contribution in [0.2, 0.25) is 0 Å². The molecule has 0 aliphatic heterocycles. The van der Waals surface area contributed by atoms with E-state index in [0.717, 1.165) is 17.5 Å². The van der Waals surface area contributed by atoms with E-state index in [1.807, 2.05) is 13.0 Å². The first kappa shape index (κ1) is 29.8. The van der Waals surface area contributed by atoms with Gasteiger partial charge in [-0.1, -0.05) is 40.2 Å². The van der Waals surface area contributed by atoms with Crippen LogP contribution in [0.25, 0.3) is 5.76 Å². The Labute approximate surface area is 234 Å². The molecule has 1 aromatic rings. The van der Waals surface area contributed by atoms with Gasteiger partial charge < -0.3 is 31.5 Å². The molecule has 0 aromatic heterocycles. The van der Waals surface area contributed by atoms with Gasteiger partial charge in [0.05, 0.1) is 11.6 Å². The molecule has 0 heterocycles.